The number of benzene rings is 1. The SMILES string of the molecule is CCC(=O)N1CCn2c(C(F)(F)F)ccc2C12CCN(C(=O)c1ccc(OC(C)C)c(OC)c1)CC2. The molecule has 0 aliphatic carbocycles. The fraction of sp³-hybridized carbons (Fsp3) is 0.538. The van der Waals surface area contributed by atoms with Gasteiger partial charge in [-0.25, -0.2) is 0 Å². The van der Waals surface area contributed by atoms with E-state index >= 15 is 0 Å². The van der Waals surface area contributed by atoms with Gasteiger partial charge in [0, 0.05) is 43.9 Å². The lowest BCUT2D eigenvalue weighted by molar-refractivity contribution is -0.148. The number of rotatable bonds is 5. The Labute approximate surface area is 208 Å². The summed E-state index contributed by atoms with van der Waals surface area (Å²) in [7, 11) is 1.51. The van der Waals surface area contributed by atoms with E-state index in [0.29, 0.717) is 48.7 Å². The summed E-state index contributed by atoms with van der Waals surface area (Å²) in [4.78, 5) is 29.6. The van der Waals surface area contributed by atoms with E-state index in [-0.39, 0.29) is 37.4 Å². The monoisotopic (exact) mass is 507 g/mol. The van der Waals surface area contributed by atoms with Crippen LogP contribution in [0, 0.1) is 0 Å². The van der Waals surface area contributed by atoms with Crippen molar-refractivity contribution < 1.29 is 32.2 Å². The van der Waals surface area contributed by atoms with Gasteiger partial charge in [0.05, 0.1) is 18.8 Å². The number of likely N-dealkylation sites (tertiary alicyclic amines) is 1. The molecule has 4 rings (SSSR count). The topological polar surface area (TPSA) is 64.0 Å². The predicted octanol–water partition coefficient (Wildman–Crippen LogP) is 4.69. The zero-order valence-electron chi connectivity index (χ0n) is 21.0. The number of alkyl halides is 3. The van der Waals surface area contributed by atoms with Gasteiger partial charge in [0.1, 0.15) is 5.69 Å². The number of nitrogens with zero attached hydrogens (tertiary/aromatic N) is 3. The first-order valence-corrected chi connectivity index (χ1v) is 12.2. The minimum absolute atomic E-state index is 0.0557. The fourth-order valence-electron chi connectivity index (χ4n) is 5.41. The number of halogens is 3. The molecule has 0 N–H and O–H groups in total. The first-order chi connectivity index (χ1) is 17.0. The van der Waals surface area contributed by atoms with E-state index in [0.717, 1.165) is 6.07 Å². The molecule has 1 spiro atoms. The average molecular weight is 508 g/mol. The van der Waals surface area contributed by atoms with E-state index in [1.807, 2.05) is 13.8 Å². The summed E-state index contributed by atoms with van der Waals surface area (Å²) >= 11 is 0. The molecule has 1 aromatic heterocycles. The number of hydrogen-bond donors (Lipinski definition) is 0. The van der Waals surface area contributed by atoms with Crippen molar-refractivity contribution in [2.45, 2.75) is 64.4 Å². The molecule has 2 amide bonds. The number of amides is 2. The Morgan fingerprint density at radius 1 is 1.03 bits per heavy atom. The highest BCUT2D eigenvalue weighted by atomic mass is 19.4. The summed E-state index contributed by atoms with van der Waals surface area (Å²) in [6, 6.07) is 7.61. The molecule has 7 nitrogen and oxygen atoms in total. The highest BCUT2D eigenvalue weighted by Crippen LogP contribution is 2.45. The third kappa shape index (κ3) is 4.53. The van der Waals surface area contributed by atoms with Gasteiger partial charge in [0.25, 0.3) is 5.91 Å². The lowest BCUT2D eigenvalue weighted by Gasteiger charge is -2.52. The van der Waals surface area contributed by atoms with Crippen LogP contribution in [0.1, 0.15) is 61.8 Å². The molecule has 2 aliphatic rings. The molecular formula is C26H32F3N3O4. The van der Waals surface area contributed by atoms with E-state index in [1.54, 1.807) is 34.9 Å². The molecule has 0 radical (unpaired) electrons. The van der Waals surface area contributed by atoms with Crippen molar-refractivity contribution in [1.82, 2.24) is 14.4 Å². The fourth-order valence-corrected chi connectivity index (χ4v) is 5.41. The minimum Gasteiger partial charge on any atom is -0.493 e. The number of hydrogen-bond acceptors (Lipinski definition) is 4. The van der Waals surface area contributed by atoms with E-state index in [2.05, 4.69) is 0 Å². The van der Waals surface area contributed by atoms with Gasteiger partial charge in [0.15, 0.2) is 11.5 Å². The van der Waals surface area contributed by atoms with Gasteiger partial charge in [-0.3, -0.25) is 9.59 Å². The van der Waals surface area contributed by atoms with Crippen LogP contribution in [0.25, 0.3) is 0 Å². The van der Waals surface area contributed by atoms with Crippen molar-refractivity contribution in [2.24, 2.45) is 0 Å². The van der Waals surface area contributed by atoms with E-state index in [4.69, 9.17) is 9.47 Å². The van der Waals surface area contributed by atoms with Crippen LogP contribution in [-0.4, -0.2) is 59.0 Å². The Hall–Kier alpha value is -3.17. The van der Waals surface area contributed by atoms with Crippen LogP contribution in [0.3, 0.4) is 0 Å². The van der Waals surface area contributed by atoms with E-state index in [9.17, 15) is 22.8 Å². The van der Waals surface area contributed by atoms with Crippen LogP contribution < -0.4 is 9.47 Å². The van der Waals surface area contributed by atoms with Crippen molar-refractivity contribution in [1.29, 1.82) is 0 Å². The third-order valence-electron chi connectivity index (χ3n) is 7.07. The molecule has 0 saturated carbocycles. The first-order valence-electron chi connectivity index (χ1n) is 12.2. The van der Waals surface area contributed by atoms with Gasteiger partial charge >= 0.3 is 6.18 Å². The zero-order valence-corrected chi connectivity index (χ0v) is 21.0. The predicted molar refractivity (Wildman–Crippen MR) is 127 cm³/mol. The van der Waals surface area contributed by atoms with Gasteiger partial charge < -0.3 is 23.8 Å². The van der Waals surface area contributed by atoms with Crippen molar-refractivity contribution in [2.75, 3.05) is 26.7 Å². The number of aromatic nitrogens is 1. The largest absolute Gasteiger partial charge is 0.493 e. The number of piperidine rings is 1. The van der Waals surface area contributed by atoms with Gasteiger partial charge in [0.2, 0.25) is 5.91 Å². The van der Waals surface area contributed by atoms with Gasteiger partial charge in [-0.1, -0.05) is 6.92 Å². The Morgan fingerprint density at radius 3 is 2.31 bits per heavy atom. The molecular weight excluding hydrogens is 475 g/mol. The summed E-state index contributed by atoms with van der Waals surface area (Å²) in [5.74, 6) is 0.697. The van der Waals surface area contributed by atoms with Crippen LogP contribution >= 0.6 is 0 Å². The molecule has 1 saturated heterocycles. The Morgan fingerprint density at radius 2 is 1.72 bits per heavy atom. The second kappa shape index (κ2) is 9.71. The lowest BCUT2D eigenvalue weighted by Crippen LogP contribution is -2.59. The van der Waals surface area contributed by atoms with Crippen LogP contribution in [0.2, 0.25) is 0 Å². The second-order valence-corrected chi connectivity index (χ2v) is 9.51. The maximum absolute atomic E-state index is 13.6. The van der Waals surface area contributed by atoms with Crippen LogP contribution in [0.5, 0.6) is 11.5 Å². The normalized spacial score (nSPS) is 17.3. The maximum atomic E-state index is 13.6. The number of carbonyl (C=O) groups is 2. The molecule has 2 aliphatic heterocycles. The Balaban J connectivity index is 1.60. The summed E-state index contributed by atoms with van der Waals surface area (Å²) in [6.45, 7) is 6.47. The quantitative estimate of drug-likeness (QED) is 0.589. The molecule has 3 heterocycles. The maximum Gasteiger partial charge on any atom is 0.431 e. The molecule has 0 unspecified atom stereocenters. The minimum atomic E-state index is -4.47. The summed E-state index contributed by atoms with van der Waals surface area (Å²) < 4.78 is 53.3. The van der Waals surface area contributed by atoms with Gasteiger partial charge in [-0.05, 0) is 57.0 Å². The number of methoxy groups -OCH3 is 1. The number of fused-ring (bicyclic) bond motifs is 2. The number of ether oxygens (including phenoxy) is 2. The number of carbonyl (C=O) groups excluding carboxylic acids is 2. The molecule has 2 aromatic rings. The average Bonchev–Trinajstić information content (AvgIpc) is 3.30. The molecule has 1 aromatic carbocycles. The van der Waals surface area contributed by atoms with Crippen molar-refractivity contribution >= 4 is 11.8 Å². The van der Waals surface area contributed by atoms with Crippen LogP contribution in [0.15, 0.2) is 30.3 Å². The van der Waals surface area contributed by atoms with Crippen LogP contribution in [0.4, 0.5) is 13.2 Å². The zero-order chi connectivity index (χ0) is 26.3. The molecule has 36 heavy (non-hydrogen) atoms. The van der Waals surface area contributed by atoms with E-state index in [1.165, 1.54) is 17.7 Å². The standard InChI is InChI=1S/C26H32F3N3O4/c1-5-23(33)32-15-14-31-21(8-9-22(31)26(27,28)29)25(32)10-12-30(13-11-25)24(34)18-6-7-19(36-17(2)3)20(16-18)35-4/h6-9,16-17H,5,10-15H2,1-4H3. The Kier molecular flexibility index (Phi) is 6.99. The summed E-state index contributed by atoms with van der Waals surface area (Å²) in [5.41, 5.74) is -0.647. The lowest BCUT2D eigenvalue weighted by atomic mass is 9.80. The molecule has 10 heteroatoms. The molecule has 0 atom stereocenters. The molecule has 1 fully saturated rings. The first kappa shape index (κ1) is 25.9. The smallest absolute Gasteiger partial charge is 0.431 e. The van der Waals surface area contributed by atoms with Crippen molar-refractivity contribution in [3.63, 3.8) is 0 Å². The van der Waals surface area contributed by atoms with Crippen LogP contribution in [-0.2, 0) is 23.1 Å². The molecule has 0 bridgehead atoms. The Bertz CT molecular complexity index is 1130. The highest BCUT2D eigenvalue weighted by Gasteiger charge is 2.50. The second-order valence-electron chi connectivity index (χ2n) is 9.51. The summed E-state index contributed by atoms with van der Waals surface area (Å²) in [5, 5.41) is 0. The molecule has 196 valence electrons. The van der Waals surface area contributed by atoms with E-state index < -0.39 is 17.4 Å². The third-order valence-corrected chi connectivity index (χ3v) is 7.07. The van der Waals surface area contributed by atoms with Gasteiger partial charge in [-0.2, -0.15) is 13.2 Å². The van der Waals surface area contributed by atoms with Crippen molar-refractivity contribution in [3.05, 3.63) is 47.3 Å². The highest BCUT2D eigenvalue weighted by molar-refractivity contribution is 5.95. The van der Waals surface area contributed by atoms with Crippen molar-refractivity contribution in [3.8, 4) is 11.5 Å². The summed E-state index contributed by atoms with van der Waals surface area (Å²) in [6.07, 6.45) is -3.55. The van der Waals surface area contributed by atoms with Gasteiger partial charge in [-0.15, -0.1) is 0 Å².